The molecule has 0 bridgehead atoms. The zero-order chi connectivity index (χ0) is 12.1. The molecule has 2 rings (SSSR count). The van der Waals surface area contributed by atoms with Gasteiger partial charge in [-0.25, -0.2) is 0 Å². The molecule has 1 N–H and O–H groups in total. The molecular weight excluding hydrogens is 212 g/mol. The summed E-state index contributed by atoms with van der Waals surface area (Å²) in [6.45, 7) is 7.05. The van der Waals surface area contributed by atoms with Gasteiger partial charge < -0.3 is 10.1 Å². The average molecular weight is 234 g/mol. The quantitative estimate of drug-likeness (QED) is 0.869. The Balaban J connectivity index is 2.15. The number of ether oxygens (including phenoxy) is 1. The maximum absolute atomic E-state index is 5.44. The van der Waals surface area contributed by atoms with E-state index in [1.54, 1.807) is 0 Å². The first-order chi connectivity index (χ1) is 8.31. The summed E-state index contributed by atoms with van der Waals surface area (Å²) in [5.74, 6) is 0.673. The molecule has 1 unspecified atom stereocenters. The summed E-state index contributed by atoms with van der Waals surface area (Å²) in [5.41, 5.74) is 2.55. The number of pyridine rings is 1. The minimum Gasteiger partial charge on any atom is -0.381 e. The van der Waals surface area contributed by atoms with Gasteiger partial charge in [0.05, 0.1) is 0 Å². The Labute approximate surface area is 104 Å². The first-order valence-electron chi connectivity index (χ1n) is 6.54. The SMILES string of the molecule is CCNC(c1cncc(C)c1)C1CCOCC1. The third kappa shape index (κ3) is 3.27. The van der Waals surface area contributed by atoms with E-state index in [4.69, 9.17) is 4.74 Å². The molecule has 1 fully saturated rings. The van der Waals surface area contributed by atoms with Gasteiger partial charge in [0, 0.05) is 31.6 Å². The molecule has 0 amide bonds. The molecule has 0 saturated carbocycles. The van der Waals surface area contributed by atoms with Crippen molar-refractivity contribution in [1.29, 1.82) is 0 Å². The first kappa shape index (κ1) is 12.5. The molecule has 3 nitrogen and oxygen atoms in total. The van der Waals surface area contributed by atoms with Crippen molar-refractivity contribution >= 4 is 0 Å². The summed E-state index contributed by atoms with van der Waals surface area (Å²) < 4.78 is 5.44. The van der Waals surface area contributed by atoms with Crippen LogP contribution in [0.5, 0.6) is 0 Å². The molecule has 94 valence electrons. The van der Waals surface area contributed by atoms with Gasteiger partial charge in [-0.15, -0.1) is 0 Å². The largest absolute Gasteiger partial charge is 0.381 e. The zero-order valence-corrected chi connectivity index (χ0v) is 10.8. The molecule has 1 atom stereocenters. The van der Waals surface area contributed by atoms with Gasteiger partial charge in [0.15, 0.2) is 0 Å². The molecule has 1 aliphatic heterocycles. The number of aromatic nitrogens is 1. The number of hydrogen-bond donors (Lipinski definition) is 1. The minimum absolute atomic E-state index is 0.427. The number of nitrogens with one attached hydrogen (secondary N) is 1. The van der Waals surface area contributed by atoms with Crippen molar-refractivity contribution in [2.45, 2.75) is 32.7 Å². The molecule has 17 heavy (non-hydrogen) atoms. The summed E-state index contributed by atoms with van der Waals surface area (Å²) >= 11 is 0. The van der Waals surface area contributed by atoms with E-state index in [9.17, 15) is 0 Å². The Kier molecular flexibility index (Phi) is 4.51. The van der Waals surface area contributed by atoms with Crippen LogP contribution in [0.15, 0.2) is 18.5 Å². The van der Waals surface area contributed by atoms with E-state index in [-0.39, 0.29) is 0 Å². The van der Waals surface area contributed by atoms with E-state index >= 15 is 0 Å². The molecule has 0 aliphatic carbocycles. The molecule has 3 heteroatoms. The standard InChI is InChI=1S/C14H22N2O/c1-3-16-14(12-4-6-17-7-5-12)13-8-11(2)9-15-10-13/h8-10,12,14,16H,3-7H2,1-2H3. The van der Waals surface area contributed by atoms with Crippen LogP contribution in [-0.4, -0.2) is 24.7 Å². The molecule has 1 saturated heterocycles. The van der Waals surface area contributed by atoms with Crippen molar-refractivity contribution in [3.63, 3.8) is 0 Å². The fraction of sp³-hybridized carbons (Fsp3) is 0.643. The van der Waals surface area contributed by atoms with Gasteiger partial charge in [-0.05, 0) is 43.4 Å². The predicted molar refractivity (Wildman–Crippen MR) is 68.9 cm³/mol. The van der Waals surface area contributed by atoms with Crippen molar-refractivity contribution < 1.29 is 4.74 Å². The number of hydrogen-bond acceptors (Lipinski definition) is 3. The first-order valence-corrected chi connectivity index (χ1v) is 6.54. The van der Waals surface area contributed by atoms with Crippen LogP contribution in [0.3, 0.4) is 0 Å². The lowest BCUT2D eigenvalue weighted by Gasteiger charge is -2.31. The molecule has 0 spiro atoms. The molecular formula is C14H22N2O. The van der Waals surface area contributed by atoms with Crippen LogP contribution in [0.1, 0.15) is 36.9 Å². The molecule has 0 radical (unpaired) electrons. The third-order valence-corrected chi connectivity index (χ3v) is 3.42. The molecule has 2 heterocycles. The van der Waals surface area contributed by atoms with Gasteiger partial charge in [-0.3, -0.25) is 4.98 Å². The highest BCUT2D eigenvalue weighted by Gasteiger charge is 2.24. The summed E-state index contributed by atoms with van der Waals surface area (Å²) in [6, 6.07) is 2.67. The van der Waals surface area contributed by atoms with Crippen LogP contribution in [0, 0.1) is 12.8 Å². The van der Waals surface area contributed by atoms with Crippen LogP contribution in [0.25, 0.3) is 0 Å². The van der Waals surface area contributed by atoms with Crippen molar-refractivity contribution in [3.8, 4) is 0 Å². The Morgan fingerprint density at radius 3 is 2.82 bits per heavy atom. The summed E-state index contributed by atoms with van der Waals surface area (Å²) in [7, 11) is 0. The average Bonchev–Trinajstić information content (AvgIpc) is 2.37. The molecule has 0 aromatic carbocycles. The van der Waals surface area contributed by atoms with Crippen LogP contribution in [0.2, 0.25) is 0 Å². The molecule has 1 aliphatic rings. The number of rotatable bonds is 4. The van der Waals surface area contributed by atoms with Crippen molar-refractivity contribution in [3.05, 3.63) is 29.6 Å². The minimum atomic E-state index is 0.427. The summed E-state index contributed by atoms with van der Waals surface area (Å²) in [6.07, 6.45) is 6.20. The van der Waals surface area contributed by atoms with Gasteiger partial charge in [-0.2, -0.15) is 0 Å². The highest BCUT2D eigenvalue weighted by Crippen LogP contribution is 2.29. The second kappa shape index (κ2) is 6.12. The van der Waals surface area contributed by atoms with Crippen molar-refractivity contribution in [2.75, 3.05) is 19.8 Å². The highest BCUT2D eigenvalue weighted by molar-refractivity contribution is 5.21. The molecule has 1 aromatic heterocycles. The Morgan fingerprint density at radius 1 is 1.41 bits per heavy atom. The number of nitrogens with zero attached hydrogens (tertiary/aromatic N) is 1. The Bertz CT molecular complexity index is 348. The fourth-order valence-corrected chi connectivity index (χ4v) is 2.57. The van der Waals surface area contributed by atoms with Gasteiger partial charge in [0.2, 0.25) is 0 Å². The molecule has 1 aromatic rings. The van der Waals surface area contributed by atoms with Crippen LogP contribution < -0.4 is 5.32 Å². The van der Waals surface area contributed by atoms with E-state index in [1.807, 2.05) is 12.4 Å². The van der Waals surface area contributed by atoms with Gasteiger partial charge in [0.1, 0.15) is 0 Å². The van der Waals surface area contributed by atoms with E-state index in [0.29, 0.717) is 12.0 Å². The summed E-state index contributed by atoms with van der Waals surface area (Å²) in [4.78, 5) is 4.31. The van der Waals surface area contributed by atoms with Crippen LogP contribution in [-0.2, 0) is 4.74 Å². The van der Waals surface area contributed by atoms with Crippen LogP contribution in [0.4, 0.5) is 0 Å². The van der Waals surface area contributed by atoms with Crippen molar-refractivity contribution in [1.82, 2.24) is 10.3 Å². The topological polar surface area (TPSA) is 34.2 Å². The van der Waals surface area contributed by atoms with Gasteiger partial charge in [0.25, 0.3) is 0 Å². The maximum Gasteiger partial charge on any atom is 0.0469 e. The van der Waals surface area contributed by atoms with E-state index < -0.39 is 0 Å². The third-order valence-electron chi connectivity index (χ3n) is 3.42. The summed E-state index contributed by atoms with van der Waals surface area (Å²) in [5, 5.41) is 3.60. The Morgan fingerprint density at radius 2 is 2.18 bits per heavy atom. The van der Waals surface area contributed by atoms with Crippen LogP contribution >= 0.6 is 0 Å². The van der Waals surface area contributed by atoms with Gasteiger partial charge >= 0.3 is 0 Å². The Hall–Kier alpha value is -0.930. The van der Waals surface area contributed by atoms with Crippen molar-refractivity contribution in [2.24, 2.45) is 5.92 Å². The van der Waals surface area contributed by atoms with E-state index in [0.717, 1.165) is 32.6 Å². The number of aryl methyl sites for hydroxylation is 1. The van der Waals surface area contributed by atoms with Gasteiger partial charge in [-0.1, -0.05) is 13.0 Å². The highest BCUT2D eigenvalue weighted by atomic mass is 16.5. The normalized spacial score (nSPS) is 19.2. The zero-order valence-electron chi connectivity index (χ0n) is 10.8. The lowest BCUT2D eigenvalue weighted by atomic mass is 9.87. The lowest BCUT2D eigenvalue weighted by Crippen LogP contribution is -2.32. The van der Waals surface area contributed by atoms with E-state index in [1.165, 1.54) is 11.1 Å². The second-order valence-electron chi connectivity index (χ2n) is 4.78. The van der Waals surface area contributed by atoms with E-state index in [2.05, 4.69) is 30.2 Å². The maximum atomic E-state index is 5.44. The monoisotopic (exact) mass is 234 g/mol. The predicted octanol–water partition coefficient (Wildman–Crippen LogP) is 2.47. The lowest BCUT2D eigenvalue weighted by molar-refractivity contribution is 0.0538. The smallest absolute Gasteiger partial charge is 0.0469 e. The fourth-order valence-electron chi connectivity index (χ4n) is 2.57. The second-order valence-corrected chi connectivity index (χ2v) is 4.78.